The monoisotopic (exact) mass is 434 g/mol. The van der Waals surface area contributed by atoms with E-state index in [9.17, 15) is 8.42 Å². The van der Waals surface area contributed by atoms with Crippen molar-refractivity contribution in [3.05, 3.63) is 18.7 Å². The van der Waals surface area contributed by atoms with E-state index >= 15 is 0 Å². The van der Waals surface area contributed by atoms with Gasteiger partial charge in [0.25, 0.3) is 0 Å². The topological polar surface area (TPSA) is 130 Å². The van der Waals surface area contributed by atoms with Gasteiger partial charge in [-0.2, -0.15) is 14.6 Å². The Morgan fingerprint density at radius 1 is 1.37 bits per heavy atom. The van der Waals surface area contributed by atoms with Crippen LogP contribution in [0.3, 0.4) is 0 Å². The minimum Gasteiger partial charge on any atom is -0.485 e. The molecule has 0 spiro atoms. The first-order valence-corrected chi connectivity index (χ1v) is 11.7. The molecule has 2 atom stereocenters. The standard InChI is InChI=1S/C18H26N8O3S/c1-11(2)29-16-15(13-7-20-21-8-13)19-10-26-17(16)23-18(24-26)22-14-5-6-25(9-12(14)3)30(4,27)28/h7-8,10-12,14H,5-6,9H2,1-4H3,(H,20,21)(H,22,24). The lowest BCUT2D eigenvalue weighted by Gasteiger charge is -2.35. The molecule has 3 aromatic heterocycles. The average molecular weight is 435 g/mol. The lowest BCUT2D eigenvalue weighted by atomic mass is 9.95. The summed E-state index contributed by atoms with van der Waals surface area (Å²) in [5, 5.41) is 14.6. The number of H-pyrrole nitrogens is 1. The number of nitrogens with zero attached hydrogens (tertiary/aromatic N) is 6. The van der Waals surface area contributed by atoms with Gasteiger partial charge in [0.1, 0.15) is 12.0 Å². The zero-order valence-electron chi connectivity index (χ0n) is 17.4. The number of rotatable bonds is 6. The number of piperidine rings is 1. The molecule has 30 heavy (non-hydrogen) atoms. The number of ether oxygens (including phenoxy) is 1. The van der Waals surface area contributed by atoms with Crippen LogP contribution in [-0.4, -0.2) is 74.0 Å². The summed E-state index contributed by atoms with van der Waals surface area (Å²) >= 11 is 0. The summed E-state index contributed by atoms with van der Waals surface area (Å²) in [6.07, 6.45) is 6.88. The van der Waals surface area contributed by atoms with Crippen molar-refractivity contribution < 1.29 is 13.2 Å². The molecule has 2 unspecified atom stereocenters. The largest absolute Gasteiger partial charge is 0.485 e. The molecule has 4 heterocycles. The van der Waals surface area contributed by atoms with Crippen molar-refractivity contribution in [2.45, 2.75) is 39.3 Å². The smallest absolute Gasteiger partial charge is 0.243 e. The van der Waals surface area contributed by atoms with Gasteiger partial charge in [-0.15, -0.1) is 5.10 Å². The number of anilines is 1. The van der Waals surface area contributed by atoms with Gasteiger partial charge in [0.2, 0.25) is 21.6 Å². The van der Waals surface area contributed by atoms with E-state index in [2.05, 4.69) is 30.6 Å². The predicted octanol–water partition coefficient (Wildman–Crippen LogP) is 1.38. The molecule has 1 aliphatic heterocycles. The molecule has 1 saturated heterocycles. The molecule has 2 N–H and O–H groups in total. The van der Waals surface area contributed by atoms with Gasteiger partial charge in [0.05, 0.1) is 18.6 Å². The predicted molar refractivity (Wildman–Crippen MR) is 112 cm³/mol. The Hall–Kier alpha value is -2.73. The third kappa shape index (κ3) is 4.10. The summed E-state index contributed by atoms with van der Waals surface area (Å²) in [6, 6.07) is 0.0659. The van der Waals surface area contributed by atoms with Crippen LogP contribution in [0.25, 0.3) is 16.9 Å². The zero-order chi connectivity index (χ0) is 21.5. The van der Waals surface area contributed by atoms with Crippen LogP contribution in [0.4, 0.5) is 5.95 Å². The Morgan fingerprint density at radius 2 is 2.17 bits per heavy atom. The normalized spacial score (nSPS) is 20.7. The second-order valence-corrected chi connectivity index (χ2v) is 9.90. The third-order valence-electron chi connectivity index (χ3n) is 5.12. The van der Waals surface area contributed by atoms with Crippen molar-refractivity contribution in [2.24, 2.45) is 5.92 Å². The molecule has 1 fully saturated rings. The van der Waals surface area contributed by atoms with E-state index in [1.54, 1.807) is 23.2 Å². The molecule has 0 radical (unpaired) electrons. The number of hydrogen-bond acceptors (Lipinski definition) is 8. The Balaban J connectivity index is 1.62. The fourth-order valence-electron chi connectivity index (χ4n) is 3.62. The fraction of sp³-hybridized carbons (Fsp3) is 0.556. The molecule has 0 aliphatic carbocycles. The van der Waals surface area contributed by atoms with E-state index in [1.807, 2.05) is 20.8 Å². The highest BCUT2D eigenvalue weighted by atomic mass is 32.2. The SMILES string of the molecule is CC(C)Oc1c(-c2cn[nH]c2)ncn2nc(NC3CCN(S(C)(=O)=O)CC3C)nc12. The molecule has 11 nitrogen and oxygen atoms in total. The van der Waals surface area contributed by atoms with E-state index in [0.29, 0.717) is 42.5 Å². The third-order valence-corrected chi connectivity index (χ3v) is 6.39. The molecular formula is C18H26N8O3S. The van der Waals surface area contributed by atoms with Crippen LogP contribution in [0.15, 0.2) is 18.7 Å². The van der Waals surface area contributed by atoms with Crippen LogP contribution in [-0.2, 0) is 10.0 Å². The first-order valence-electron chi connectivity index (χ1n) is 9.85. The summed E-state index contributed by atoms with van der Waals surface area (Å²) in [7, 11) is -3.18. The molecule has 12 heteroatoms. The number of nitrogens with one attached hydrogen (secondary N) is 2. The van der Waals surface area contributed by atoms with E-state index in [-0.39, 0.29) is 18.1 Å². The van der Waals surface area contributed by atoms with Crippen LogP contribution < -0.4 is 10.1 Å². The molecule has 0 amide bonds. The number of aromatic nitrogens is 6. The first-order chi connectivity index (χ1) is 14.2. The summed E-state index contributed by atoms with van der Waals surface area (Å²) in [4.78, 5) is 9.13. The fourth-order valence-corrected chi connectivity index (χ4v) is 4.56. The summed E-state index contributed by atoms with van der Waals surface area (Å²) < 4.78 is 32.8. The van der Waals surface area contributed by atoms with Gasteiger partial charge in [-0.1, -0.05) is 6.92 Å². The van der Waals surface area contributed by atoms with Gasteiger partial charge in [0, 0.05) is 30.9 Å². The van der Waals surface area contributed by atoms with Gasteiger partial charge in [-0.25, -0.2) is 17.7 Å². The van der Waals surface area contributed by atoms with Crippen LogP contribution in [0.1, 0.15) is 27.2 Å². The van der Waals surface area contributed by atoms with Crippen LogP contribution in [0, 0.1) is 5.92 Å². The highest BCUT2D eigenvalue weighted by Crippen LogP contribution is 2.32. The van der Waals surface area contributed by atoms with Gasteiger partial charge in [-0.05, 0) is 26.2 Å². The highest BCUT2D eigenvalue weighted by molar-refractivity contribution is 7.88. The maximum Gasteiger partial charge on any atom is 0.243 e. The lowest BCUT2D eigenvalue weighted by Crippen LogP contribution is -2.47. The van der Waals surface area contributed by atoms with E-state index in [1.165, 1.54) is 10.6 Å². The maximum atomic E-state index is 11.8. The van der Waals surface area contributed by atoms with E-state index in [4.69, 9.17) is 4.74 Å². The van der Waals surface area contributed by atoms with Crippen LogP contribution >= 0.6 is 0 Å². The Labute approximate surface area is 174 Å². The van der Waals surface area contributed by atoms with Gasteiger partial charge >= 0.3 is 0 Å². The Bertz CT molecular complexity index is 1130. The first kappa shape index (κ1) is 20.5. The Kier molecular flexibility index (Phi) is 5.36. The summed E-state index contributed by atoms with van der Waals surface area (Å²) in [5.74, 6) is 1.11. The number of sulfonamides is 1. The number of aromatic amines is 1. The van der Waals surface area contributed by atoms with Crippen LogP contribution in [0.2, 0.25) is 0 Å². The molecular weight excluding hydrogens is 408 g/mol. The van der Waals surface area contributed by atoms with Crippen molar-refractivity contribution >= 4 is 21.6 Å². The summed E-state index contributed by atoms with van der Waals surface area (Å²) in [6.45, 7) is 6.85. The second kappa shape index (κ2) is 7.84. The van der Waals surface area contributed by atoms with Gasteiger partial charge in [0.15, 0.2) is 5.75 Å². The van der Waals surface area contributed by atoms with Crippen molar-refractivity contribution in [1.82, 2.24) is 34.1 Å². The average Bonchev–Trinajstić information content (AvgIpc) is 3.32. The zero-order valence-corrected chi connectivity index (χ0v) is 18.2. The number of fused-ring (bicyclic) bond motifs is 1. The van der Waals surface area contributed by atoms with Crippen molar-refractivity contribution in [3.63, 3.8) is 0 Å². The Morgan fingerprint density at radius 3 is 2.80 bits per heavy atom. The van der Waals surface area contributed by atoms with Crippen molar-refractivity contribution in [3.8, 4) is 17.0 Å². The molecule has 0 aromatic carbocycles. The van der Waals surface area contributed by atoms with Gasteiger partial charge < -0.3 is 10.1 Å². The molecule has 162 valence electrons. The second-order valence-electron chi connectivity index (χ2n) is 7.92. The minimum atomic E-state index is -3.18. The van der Waals surface area contributed by atoms with Crippen molar-refractivity contribution in [1.29, 1.82) is 0 Å². The molecule has 1 aliphatic rings. The molecule has 0 bridgehead atoms. The highest BCUT2D eigenvalue weighted by Gasteiger charge is 2.31. The van der Waals surface area contributed by atoms with E-state index < -0.39 is 10.0 Å². The van der Waals surface area contributed by atoms with Gasteiger partial charge in [-0.3, -0.25) is 5.10 Å². The minimum absolute atomic E-state index is 0.0659. The summed E-state index contributed by atoms with van der Waals surface area (Å²) in [5.41, 5.74) is 1.99. The quantitative estimate of drug-likeness (QED) is 0.595. The molecule has 3 aromatic rings. The number of hydrogen-bond donors (Lipinski definition) is 2. The van der Waals surface area contributed by atoms with E-state index in [0.717, 1.165) is 5.56 Å². The molecule has 0 saturated carbocycles. The lowest BCUT2D eigenvalue weighted by molar-refractivity contribution is 0.244. The molecule has 4 rings (SSSR count). The maximum absolute atomic E-state index is 11.8. The van der Waals surface area contributed by atoms with Crippen molar-refractivity contribution in [2.75, 3.05) is 24.7 Å². The van der Waals surface area contributed by atoms with Crippen LogP contribution in [0.5, 0.6) is 5.75 Å².